The molecule has 0 aliphatic carbocycles. The summed E-state index contributed by atoms with van der Waals surface area (Å²) in [7, 11) is -9.58. The van der Waals surface area contributed by atoms with Crippen molar-refractivity contribution >= 4 is 110 Å². The number of carbonyl (C=O) groups is 12. The first-order valence-corrected chi connectivity index (χ1v) is 37.8. The fraction of sp³-hybridized carbons (Fsp3) is 0.0952. The molecule has 8 rings (SSSR count). The van der Waals surface area contributed by atoms with E-state index in [1.165, 1.54) is 97.1 Å². The average molecular weight is 1700 g/mol. The van der Waals surface area contributed by atoms with Crippen molar-refractivity contribution in [1.82, 2.24) is 0 Å². The number of benzene rings is 8. The number of ether oxygens (including phenoxy) is 12. The van der Waals surface area contributed by atoms with Gasteiger partial charge in [-0.3, -0.25) is 28.8 Å². The summed E-state index contributed by atoms with van der Waals surface area (Å²) in [5.41, 5.74) is 0.252. The molecule has 0 radical (unpaired) electrons. The van der Waals surface area contributed by atoms with E-state index in [1.54, 1.807) is 44.2 Å². The summed E-state index contributed by atoms with van der Waals surface area (Å²) in [6.07, 6.45) is 11.6. The van der Waals surface area contributed by atoms with Crippen molar-refractivity contribution in [3.05, 3.63) is 239 Å². The second-order valence-electron chi connectivity index (χ2n) is 23.1. The van der Waals surface area contributed by atoms with Gasteiger partial charge < -0.3 is 97.6 Å². The van der Waals surface area contributed by atoms with Gasteiger partial charge in [-0.25, -0.2) is 28.8 Å². The molecule has 0 heterocycles. The molecule has 33 nitrogen and oxygen atoms in total. The molecule has 0 unspecified atom stereocenters. The van der Waals surface area contributed by atoms with Gasteiger partial charge in [0.2, 0.25) is 0 Å². The largest absolute Gasteiger partial charge is 0.530 e. The number of carbonyl (C=O) groups excluding carboxylic acids is 12. The molecule has 0 saturated heterocycles. The maximum Gasteiger partial charge on any atom is 0.530 e. The van der Waals surface area contributed by atoms with E-state index in [9.17, 15) is 57.5 Å². The van der Waals surface area contributed by atoms with Crippen molar-refractivity contribution in [2.24, 2.45) is 0 Å². The van der Waals surface area contributed by atoms with Gasteiger partial charge in [0.25, 0.3) is 0 Å². The van der Waals surface area contributed by atoms with Crippen LogP contribution in [-0.2, 0) is 57.5 Å². The van der Waals surface area contributed by atoms with Crippen LogP contribution in [0.15, 0.2) is 228 Å². The van der Waals surface area contributed by atoms with Gasteiger partial charge >= 0.3 is 97.4 Å². The smallest absolute Gasteiger partial charge is 0.423 e. The highest BCUT2D eigenvalue weighted by Crippen LogP contribution is 2.57. The summed E-state index contributed by atoms with van der Waals surface area (Å²) in [6, 6.07) is 28.9. The van der Waals surface area contributed by atoms with Crippen LogP contribution in [0.5, 0.6) is 121 Å². The molecular weight excluding hydrogens is 1630 g/mol. The minimum Gasteiger partial charge on any atom is -0.423 e. The highest BCUT2D eigenvalue weighted by molar-refractivity contribution is 7.43. The average Bonchev–Trinajstić information content (AvgIpc) is 0.767. The molecule has 8 aromatic carbocycles. The van der Waals surface area contributed by atoms with Crippen molar-refractivity contribution < 1.29 is 155 Å². The highest BCUT2D eigenvalue weighted by atomic mass is 31.2. The third kappa shape index (κ3) is 27.2. The number of allylic oxidation sites excluding steroid dienone is 2. The zero-order chi connectivity index (χ0) is 87.3. The zero-order valence-corrected chi connectivity index (χ0v) is 67.3. The Balaban J connectivity index is 1.50. The Morgan fingerprint density at radius 1 is 0.233 bits per heavy atom. The van der Waals surface area contributed by atoms with Crippen molar-refractivity contribution in [3.8, 4) is 132 Å². The fourth-order valence-electron chi connectivity index (χ4n) is 9.44. The van der Waals surface area contributed by atoms with Crippen molar-refractivity contribution in [2.75, 3.05) is 0 Å². The maximum absolute atomic E-state index is 12.7. The molecule has 36 heteroatoms. The Bertz CT molecular complexity index is 4980. The van der Waals surface area contributed by atoms with Crippen LogP contribution in [0.4, 0.5) is 0 Å². The number of hydrogen-bond donors (Lipinski definition) is 0. The van der Waals surface area contributed by atoms with Crippen LogP contribution >= 0.6 is 25.8 Å². The number of hydrogen-bond acceptors (Lipinski definition) is 33. The van der Waals surface area contributed by atoms with E-state index in [4.69, 9.17) is 97.6 Å². The van der Waals surface area contributed by atoms with Gasteiger partial charge in [0, 0.05) is 120 Å². The van der Waals surface area contributed by atoms with E-state index >= 15 is 0 Å². The van der Waals surface area contributed by atoms with Crippen LogP contribution in [0.2, 0.25) is 0 Å². The molecule has 0 atom stereocenters. The second kappa shape index (κ2) is 43.5. The lowest BCUT2D eigenvalue weighted by atomic mass is 9.98. The molecule has 0 N–H and O–H groups in total. The SMILES string of the molecule is C=CC(=O)Oc1ccc(OP(Oc2ccc(OC(=O)C=C)c(OC(C)=O)c2)Oc2cc(/C=C\C)ccc2-c2c(OP(Oc3ccc(OC(=O)C=C)c(OC(C)=O)c3)Oc3ccc(OC(=O)C=C)c(OC(C)=O)c3)cc(/C=C\C)cc2OP(Oc2ccc(OC(=O)C=C)c(OC(C)=O)c2)Oc2ccc(OC(=O)C=C)c(OC(C)=O)c2)cc1OC(C)=O. The standard InChI is InChI=1S/C84H69O33P3/c1-15-23-54-25-32-62(69(39-54)115-118(109-56-26-33-63(103-78(91)17-3)70(42-56)97-48(9)85)110-57-27-34-64(104-79(92)18-4)71(43-57)98-49(10)86)84-76(116-119(111-58-28-35-65(105-80(93)19-5)72(44-58)99-50(11)87)112-59-29-36-66(106-81(94)20-6)73(45-59)100-51(12)88)40-55(24-16-2)41-77(84)117-120(113-60-30-37-67(107-82(95)21-7)74(46-60)101-52(13)89)114-61-31-38-68(108-83(96)22-8)75(47-61)102-53(14)90/h15-47H,3-8H2,1-2,9-14H3/b23-15-,24-16-. The van der Waals surface area contributed by atoms with Crippen LogP contribution in [0.1, 0.15) is 66.5 Å². The minimum atomic E-state index is -3.22. The number of rotatable bonds is 39. The Morgan fingerprint density at radius 2 is 0.442 bits per heavy atom. The first-order valence-electron chi connectivity index (χ1n) is 34.5. The molecule has 0 aliphatic rings. The maximum atomic E-state index is 12.7. The second-order valence-corrected chi connectivity index (χ2v) is 26.1. The Labute approximate surface area is 687 Å². The molecule has 0 bridgehead atoms. The van der Waals surface area contributed by atoms with Crippen LogP contribution < -0.4 is 97.6 Å². The van der Waals surface area contributed by atoms with Crippen LogP contribution in [0.25, 0.3) is 23.3 Å². The lowest BCUT2D eigenvalue weighted by molar-refractivity contribution is -0.133. The molecule has 0 spiro atoms. The van der Waals surface area contributed by atoms with Crippen LogP contribution in [0, 0.1) is 0 Å². The molecule has 0 aliphatic heterocycles. The van der Waals surface area contributed by atoms with Crippen molar-refractivity contribution in [1.29, 1.82) is 0 Å². The van der Waals surface area contributed by atoms with E-state index in [1.807, 2.05) is 0 Å². The van der Waals surface area contributed by atoms with Crippen LogP contribution in [0.3, 0.4) is 0 Å². The molecule has 0 aromatic heterocycles. The fourth-order valence-corrected chi connectivity index (χ4v) is 12.4. The van der Waals surface area contributed by atoms with Gasteiger partial charge in [-0.15, -0.1) is 0 Å². The quantitative estimate of drug-likeness (QED) is 0.0149. The highest BCUT2D eigenvalue weighted by Gasteiger charge is 2.34. The molecule has 0 saturated carbocycles. The monoisotopic (exact) mass is 1700 g/mol. The predicted octanol–water partition coefficient (Wildman–Crippen LogP) is 16.8. The van der Waals surface area contributed by atoms with Gasteiger partial charge in [0.1, 0.15) is 51.7 Å². The summed E-state index contributed by atoms with van der Waals surface area (Å²) in [6.45, 7) is 30.3. The van der Waals surface area contributed by atoms with E-state index in [0.717, 1.165) is 114 Å². The van der Waals surface area contributed by atoms with Gasteiger partial charge in [-0.1, -0.05) is 69.8 Å². The van der Waals surface area contributed by atoms with Crippen molar-refractivity contribution in [3.63, 3.8) is 0 Å². The van der Waals surface area contributed by atoms with Gasteiger partial charge in [0.15, 0.2) is 69.0 Å². The Kier molecular flexibility index (Phi) is 32.8. The van der Waals surface area contributed by atoms with Gasteiger partial charge in [0.05, 0.1) is 5.56 Å². The Morgan fingerprint density at radius 3 is 0.650 bits per heavy atom. The molecule has 8 aromatic rings. The van der Waals surface area contributed by atoms with E-state index < -0.39 is 97.4 Å². The topological polar surface area (TPSA) is 399 Å². The Hall–Kier alpha value is -15.2. The van der Waals surface area contributed by atoms with E-state index in [-0.39, 0.29) is 137 Å². The summed E-state index contributed by atoms with van der Waals surface area (Å²) >= 11 is 0. The molecule has 618 valence electrons. The van der Waals surface area contributed by atoms with Crippen molar-refractivity contribution in [2.45, 2.75) is 55.4 Å². The molecule has 0 fully saturated rings. The summed E-state index contributed by atoms with van der Waals surface area (Å²) in [4.78, 5) is 152. The van der Waals surface area contributed by atoms with E-state index in [0.29, 0.717) is 5.56 Å². The molecular formula is C84H69O33P3. The van der Waals surface area contributed by atoms with Crippen LogP contribution in [-0.4, -0.2) is 71.6 Å². The normalized spacial score (nSPS) is 10.6. The predicted molar refractivity (Wildman–Crippen MR) is 429 cm³/mol. The first-order chi connectivity index (χ1) is 57.4. The first kappa shape index (κ1) is 90.3. The van der Waals surface area contributed by atoms with E-state index in [2.05, 4.69) is 39.5 Å². The van der Waals surface area contributed by atoms with Gasteiger partial charge in [-0.2, -0.15) is 0 Å². The number of esters is 12. The van der Waals surface area contributed by atoms with Gasteiger partial charge in [-0.05, 0) is 122 Å². The molecule has 0 amide bonds. The summed E-state index contributed by atoms with van der Waals surface area (Å²) in [5, 5.41) is 0. The summed E-state index contributed by atoms with van der Waals surface area (Å²) < 4.78 is 126. The zero-order valence-electron chi connectivity index (χ0n) is 64.6. The lowest BCUT2D eigenvalue weighted by Gasteiger charge is -2.25. The third-order valence-electron chi connectivity index (χ3n) is 14.0. The lowest BCUT2D eigenvalue weighted by Crippen LogP contribution is -2.10. The minimum absolute atomic E-state index is 0.100. The summed E-state index contributed by atoms with van der Waals surface area (Å²) in [5.74, 6) is -17.5. The third-order valence-corrected chi connectivity index (χ3v) is 17.2. The molecule has 120 heavy (non-hydrogen) atoms.